The van der Waals surface area contributed by atoms with Crippen LogP contribution in [0.3, 0.4) is 0 Å². The van der Waals surface area contributed by atoms with E-state index < -0.39 is 17.5 Å². The largest absolute Gasteiger partial charge is 0.431 e. The molecule has 25 heavy (non-hydrogen) atoms. The summed E-state index contributed by atoms with van der Waals surface area (Å²) in [4.78, 5) is 16.0. The molecule has 0 saturated heterocycles. The predicted molar refractivity (Wildman–Crippen MR) is 92.7 cm³/mol. The number of oxazole rings is 1. The van der Waals surface area contributed by atoms with E-state index in [-0.39, 0.29) is 11.4 Å². The molecule has 0 saturated carbocycles. The molecule has 0 atom stereocenters. The number of nitrogens with one attached hydrogen (secondary N) is 1. The Kier molecular flexibility index (Phi) is 5.35. The van der Waals surface area contributed by atoms with Gasteiger partial charge in [0.25, 0.3) is 5.22 Å². The van der Waals surface area contributed by atoms with Gasteiger partial charge in [0.2, 0.25) is 5.91 Å². The molecule has 0 fully saturated rings. The van der Waals surface area contributed by atoms with Crippen LogP contribution >= 0.6 is 23.4 Å². The molecule has 8 heteroatoms. The van der Waals surface area contributed by atoms with Gasteiger partial charge >= 0.3 is 0 Å². The molecule has 0 aliphatic rings. The maximum Gasteiger partial charge on any atom is 0.256 e. The molecule has 0 radical (unpaired) electrons. The Hall–Kier alpha value is -2.38. The average Bonchev–Trinajstić information content (AvgIpc) is 3.05. The van der Waals surface area contributed by atoms with Crippen LogP contribution in [0.4, 0.5) is 14.5 Å². The van der Waals surface area contributed by atoms with Crippen LogP contribution in [0, 0.1) is 11.6 Å². The molecule has 3 aromatic rings. The van der Waals surface area contributed by atoms with Crippen LogP contribution < -0.4 is 5.32 Å². The quantitative estimate of drug-likeness (QED) is 0.632. The molecule has 0 bridgehead atoms. The van der Waals surface area contributed by atoms with Crippen LogP contribution in [-0.2, 0) is 4.79 Å². The third-order valence-corrected chi connectivity index (χ3v) is 4.20. The van der Waals surface area contributed by atoms with E-state index in [4.69, 9.17) is 16.0 Å². The first-order valence-corrected chi connectivity index (χ1v) is 8.47. The molecule has 1 heterocycles. The number of aromatic nitrogens is 1. The van der Waals surface area contributed by atoms with Gasteiger partial charge in [-0.1, -0.05) is 35.5 Å². The van der Waals surface area contributed by atoms with Crippen LogP contribution in [0.2, 0.25) is 5.02 Å². The second-order valence-electron chi connectivity index (χ2n) is 4.97. The lowest BCUT2D eigenvalue weighted by atomic mass is 10.2. The van der Waals surface area contributed by atoms with E-state index >= 15 is 0 Å². The second-order valence-corrected chi connectivity index (χ2v) is 6.33. The van der Waals surface area contributed by atoms with Crippen molar-refractivity contribution < 1.29 is 18.0 Å². The van der Waals surface area contributed by atoms with E-state index in [2.05, 4.69) is 10.3 Å². The normalized spacial score (nSPS) is 10.7. The standard InChI is InChI=1S/C17H11ClF2N2O2S/c18-11-3-1-2-10(6-11)15-8-21-17(24-15)25-9-16(23)22-12-4-5-13(19)14(20)7-12/h1-8H,9H2,(H,22,23). The molecule has 0 aliphatic carbocycles. The lowest BCUT2D eigenvalue weighted by Crippen LogP contribution is -2.14. The number of anilines is 1. The highest BCUT2D eigenvalue weighted by Gasteiger charge is 2.11. The number of benzene rings is 2. The lowest BCUT2D eigenvalue weighted by molar-refractivity contribution is -0.113. The fraction of sp³-hybridized carbons (Fsp3) is 0.0588. The van der Waals surface area contributed by atoms with Gasteiger partial charge in [-0.25, -0.2) is 13.8 Å². The van der Waals surface area contributed by atoms with Crippen molar-refractivity contribution in [2.45, 2.75) is 5.22 Å². The Morgan fingerprint density at radius 1 is 1.20 bits per heavy atom. The van der Waals surface area contributed by atoms with E-state index in [1.165, 1.54) is 6.07 Å². The fourth-order valence-corrected chi connectivity index (χ4v) is 2.79. The first kappa shape index (κ1) is 17.4. The molecule has 3 rings (SSSR count). The minimum absolute atomic E-state index is 0.00843. The summed E-state index contributed by atoms with van der Waals surface area (Å²) < 4.78 is 31.5. The third-order valence-electron chi connectivity index (χ3n) is 3.12. The molecule has 4 nitrogen and oxygen atoms in total. The van der Waals surface area contributed by atoms with Crippen molar-refractivity contribution in [1.29, 1.82) is 0 Å². The van der Waals surface area contributed by atoms with Crippen molar-refractivity contribution in [2.75, 3.05) is 11.1 Å². The highest BCUT2D eigenvalue weighted by Crippen LogP contribution is 2.27. The Balaban J connectivity index is 1.58. The van der Waals surface area contributed by atoms with Crippen LogP contribution in [0.5, 0.6) is 0 Å². The molecular formula is C17H11ClF2N2O2S. The molecule has 1 aromatic heterocycles. The monoisotopic (exact) mass is 380 g/mol. The lowest BCUT2D eigenvalue weighted by Gasteiger charge is -2.04. The maximum atomic E-state index is 13.1. The van der Waals surface area contributed by atoms with Gasteiger partial charge in [0.05, 0.1) is 11.9 Å². The van der Waals surface area contributed by atoms with Gasteiger partial charge < -0.3 is 9.73 Å². The van der Waals surface area contributed by atoms with Crippen LogP contribution in [-0.4, -0.2) is 16.6 Å². The van der Waals surface area contributed by atoms with Crippen molar-refractivity contribution in [3.63, 3.8) is 0 Å². The highest BCUT2D eigenvalue weighted by molar-refractivity contribution is 7.99. The van der Waals surface area contributed by atoms with Crippen molar-refractivity contribution in [3.05, 3.63) is 65.3 Å². The summed E-state index contributed by atoms with van der Waals surface area (Å²) in [5, 5.41) is 3.37. The second kappa shape index (κ2) is 7.67. The van der Waals surface area contributed by atoms with Gasteiger partial charge in [-0.2, -0.15) is 0 Å². The number of carbonyl (C=O) groups is 1. The summed E-state index contributed by atoms with van der Waals surface area (Å²) in [6, 6.07) is 10.3. The number of thioether (sulfide) groups is 1. The van der Waals surface area contributed by atoms with Crippen molar-refractivity contribution in [3.8, 4) is 11.3 Å². The van der Waals surface area contributed by atoms with Crippen molar-refractivity contribution in [2.24, 2.45) is 0 Å². The predicted octanol–water partition coefficient (Wildman–Crippen LogP) is 5.00. The molecule has 0 spiro atoms. The summed E-state index contributed by atoms with van der Waals surface area (Å²) in [6.45, 7) is 0. The van der Waals surface area contributed by atoms with E-state index in [9.17, 15) is 13.6 Å². The zero-order valence-corrected chi connectivity index (χ0v) is 14.2. The minimum Gasteiger partial charge on any atom is -0.431 e. The summed E-state index contributed by atoms with van der Waals surface area (Å²) in [5.74, 6) is -1.84. The zero-order chi connectivity index (χ0) is 17.8. The Morgan fingerprint density at radius 3 is 2.80 bits per heavy atom. The smallest absolute Gasteiger partial charge is 0.256 e. The number of rotatable bonds is 5. The SMILES string of the molecule is O=C(CSc1ncc(-c2cccc(Cl)c2)o1)Nc1ccc(F)c(F)c1. The number of nitrogens with zero attached hydrogens (tertiary/aromatic N) is 1. The van der Waals surface area contributed by atoms with Crippen LogP contribution in [0.25, 0.3) is 11.3 Å². The van der Waals surface area contributed by atoms with Gasteiger partial charge in [-0.3, -0.25) is 4.79 Å². The Morgan fingerprint density at radius 2 is 2.04 bits per heavy atom. The summed E-state index contributed by atoms with van der Waals surface area (Å²) in [6.07, 6.45) is 1.54. The number of hydrogen-bond acceptors (Lipinski definition) is 4. The van der Waals surface area contributed by atoms with Gasteiger partial charge in [0.1, 0.15) is 0 Å². The Bertz CT molecular complexity index is 917. The Labute approximate surface area is 151 Å². The molecule has 128 valence electrons. The number of amides is 1. The van der Waals surface area contributed by atoms with Gasteiger partial charge in [0, 0.05) is 22.3 Å². The maximum absolute atomic E-state index is 13.1. The minimum atomic E-state index is -1.02. The summed E-state index contributed by atoms with van der Waals surface area (Å²) >= 11 is 7.02. The van der Waals surface area contributed by atoms with Crippen molar-refractivity contribution >= 4 is 35.0 Å². The third kappa shape index (κ3) is 4.58. The number of carbonyl (C=O) groups excluding carboxylic acids is 1. The fourth-order valence-electron chi connectivity index (χ4n) is 2.00. The topological polar surface area (TPSA) is 55.1 Å². The molecular weight excluding hydrogens is 370 g/mol. The highest BCUT2D eigenvalue weighted by atomic mass is 35.5. The summed E-state index contributed by atoms with van der Waals surface area (Å²) in [5.41, 5.74) is 0.953. The number of halogens is 3. The van der Waals surface area contributed by atoms with E-state index in [0.29, 0.717) is 16.0 Å². The van der Waals surface area contributed by atoms with E-state index in [0.717, 1.165) is 29.5 Å². The number of hydrogen-bond donors (Lipinski definition) is 1. The summed E-state index contributed by atoms with van der Waals surface area (Å²) in [7, 11) is 0. The molecule has 1 amide bonds. The average molecular weight is 381 g/mol. The van der Waals surface area contributed by atoms with Crippen molar-refractivity contribution in [1.82, 2.24) is 4.98 Å². The van der Waals surface area contributed by atoms with Gasteiger partial charge in [-0.15, -0.1) is 0 Å². The van der Waals surface area contributed by atoms with E-state index in [1.54, 1.807) is 24.4 Å². The molecule has 0 aliphatic heterocycles. The molecule has 1 N–H and O–H groups in total. The van der Waals surface area contributed by atoms with E-state index in [1.807, 2.05) is 6.07 Å². The first-order chi connectivity index (χ1) is 12.0. The molecule has 2 aromatic carbocycles. The van der Waals surface area contributed by atoms with Gasteiger partial charge in [-0.05, 0) is 24.3 Å². The zero-order valence-electron chi connectivity index (χ0n) is 12.6. The van der Waals surface area contributed by atoms with Crippen LogP contribution in [0.15, 0.2) is 58.3 Å². The molecule has 0 unspecified atom stereocenters. The van der Waals surface area contributed by atoms with Crippen LogP contribution in [0.1, 0.15) is 0 Å². The van der Waals surface area contributed by atoms with Gasteiger partial charge in [0.15, 0.2) is 17.4 Å². The first-order valence-electron chi connectivity index (χ1n) is 7.11.